The molecule has 1 aromatic heterocycles. The van der Waals surface area contributed by atoms with Gasteiger partial charge in [-0.3, -0.25) is 0 Å². The molecule has 0 fully saturated rings. The van der Waals surface area contributed by atoms with Crippen molar-refractivity contribution in [1.29, 1.82) is 0 Å². The Balaban J connectivity index is 1.09. The van der Waals surface area contributed by atoms with Crippen LogP contribution in [-0.2, 0) is 10.8 Å². The van der Waals surface area contributed by atoms with Crippen molar-refractivity contribution in [1.82, 2.24) is 0 Å². The molecule has 1 radical (unpaired) electrons. The van der Waals surface area contributed by atoms with Gasteiger partial charge in [0, 0.05) is 50.8 Å². The van der Waals surface area contributed by atoms with Crippen LogP contribution in [0.1, 0.15) is 58.2 Å². The number of para-hydroxylation sites is 2. The zero-order chi connectivity index (χ0) is 50.7. The Labute approximate surface area is 436 Å². The number of furan rings is 1. The highest BCUT2D eigenvalue weighted by atomic mass is 16.3. The molecular formula is C69H59BN3O. The Hall–Kier alpha value is -8.54. The number of fused-ring (bicyclic) bond motifs is 6. The molecule has 0 aliphatic carbocycles. The summed E-state index contributed by atoms with van der Waals surface area (Å²) in [6, 6.07) is 81.5. The first-order chi connectivity index (χ1) is 35.9. The summed E-state index contributed by atoms with van der Waals surface area (Å²) in [5, 5.41) is 6.04. The molecule has 4 nitrogen and oxygen atoms in total. The summed E-state index contributed by atoms with van der Waals surface area (Å²) in [7, 11) is 2.42. The quantitative estimate of drug-likeness (QED) is 0.146. The lowest BCUT2D eigenvalue weighted by molar-refractivity contribution is 0.590. The molecule has 0 saturated heterocycles. The fourth-order valence-electron chi connectivity index (χ4n) is 10.8. The third-order valence-electron chi connectivity index (χ3n) is 14.7. The molecule has 359 valence electrons. The van der Waals surface area contributed by atoms with Gasteiger partial charge in [-0.2, -0.15) is 0 Å². The number of hydrogen-bond donors (Lipinski definition) is 1. The smallest absolute Gasteiger partial charge is 0.198 e. The van der Waals surface area contributed by atoms with Gasteiger partial charge in [-0.15, -0.1) is 0 Å². The van der Waals surface area contributed by atoms with E-state index in [1.165, 1.54) is 33.4 Å². The normalized spacial score (nSPS) is 12.3. The zero-order valence-corrected chi connectivity index (χ0v) is 43.2. The predicted molar refractivity (Wildman–Crippen MR) is 316 cm³/mol. The predicted octanol–water partition coefficient (Wildman–Crippen LogP) is 18.1. The van der Waals surface area contributed by atoms with Crippen molar-refractivity contribution >= 4 is 85.6 Å². The summed E-state index contributed by atoms with van der Waals surface area (Å²) < 4.78 is 6.92. The van der Waals surface area contributed by atoms with Gasteiger partial charge in [0.05, 0.1) is 11.1 Å². The molecule has 12 rings (SSSR count). The fourth-order valence-corrected chi connectivity index (χ4v) is 10.8. The van der Waals surface area contributed by atoms with E-state index < -0.39 is 0 Å². The molecule has 10 aromatic carbocycles. The first kappa shape index (κ1) is 46.5. The Morgan fingerprint density at radius 3 is 1.68 bits per heavy atom. The third-order valence-corrected chi connectivity index (χ3v) is 14.7. The highest BCUT2D eigenvalue weighted by Crippen LogP contribution is 2.48. The van der Waals surface area contributed by atoms with Crippen molar-refractivity contribution in [2.24, 2.45) is 0 Å². The van der Waals surface area contributed by atoms with Gasteiger partial charge in [-0.25, -0.2) is 0 Å². The minimum Gasteiger partial charge on any atom is -0.456 e. The standard InChI is InChI=1S/C69H59BN3O/c1-45-41-49(47-21-12-9-13-22-47)29-39-61(45)73-62-40-38-55(72(53-34-30-50(31-35-53)68(2,3)4)54-36-32-51(33-37-54)69(5,6)7)43-59(62)70-66-58(44-64-65(67(66)73)57-26-15-17-28-63(57)74-64)56-25-14-16-27-60(56)71-52-24-18-23-48(42-52)46-19-10-8-11-20-46/h8-44,71H,1-7H3. The average Bonchev–Trinajstić information content (AvgIpc) is 3.80. The first-order valence-electron chi connectivity index (χ1n) is 25.8. The minimum absolute atomic E-state index is 0.0244. The number of rotatable bonds is 9. The number of benzene rings is 10. The van der Waals surface area contributed by atoms with Gasteiger partial charge in [0.1, 0.15) is 11.2 Å². The van der Waals surface area contributed by atoms with Crippen LogP contribution < -0.4 is 26.0 Å². The summed E-state index contributed by atoms with van der Waals surface area (Å²) >= 11 is 0. The van der Waals surface area contributed by atoms with Crippen molar-refractivity contribution < 1.29 is 4.42 Å². The topological polar surface area (TPSA) is 31.6 Å². The Kier molecular flexibility index (Phi) is 11.6. The molecule has 0 saturated carbocycles. The molecule has 2 heterocycles. The molecule has 0 bridgehead atoms. The number of anilines is 8. The van der Waals surface area contributed by atoms with Gasteiger partial charge in [-0.1, -0.05) is 187 Å². The second-order valence-corrected chi connectivity index (χ2v) is 21.8. The summed E-state index contributed by atoms with van der Waals surface area (Å²) in [5.74, 6) is 0. The van der Waals surface area contributed by atoms with E-state index in [2.05, 4.69) is 295 Å². The number of nitrogens with one attached hydrogen (secondary N) is 1. The first-order valence-corrected chi connectivity index (χ1v) is 25.8. The molecule has 0 unspecified atom stereocenters. The maximum atomic E-state index is 6.92. The van der Waals surface area contributed by atoms with E-state index in [0.29, 0.717) is 0 Å². The van der Waals surface area contributed by atoms with Crippen LogP contribution in [-0.4, -0.2) is 7.28 Å². The van der Waals surface area contributed by atoms with E-state index in [1.807, 2.05) is 0 Å². The van der Waals surface area contributed by atoms with E-state index in [0.717, 1.165) is 95.1 Å². The zero-order valence-electron chi connectivity index (χ0n) is 43.2. The molecule has 0 atom stereocenters. The summed E-state index contributed by atoms with van der Waals surface area (Å²) in [4.78, 5) is 4.91. The van der Waals surface area contributed by atoms with E-state index in [4.69, 9.17) is 4.42 Å². The lowest BCUT2D eigenvalue weighted by atomic mass is 9.57. The van der Waals surface area contributed by atoms with Gasteiger partial charge >= 0.3 is 0 Å². The van der Waals surface area contributed by atoms with Crippen molar-refractivity contribution in [3.8, 4) is 33.4 Å². The minimum atomic E-state index is 0.0244. The van der Waals surface area contributed by atoms with Gasteiger partial charge in [0.15, 0.2) is 7.28 Å². The Morgan fingerprint density at radius 2 is 1.03 bits per heavy atom. The van der Waals surface area contributed by atoms with Crippen LogP contribution >= 0.6 is 0 Å². The molecule has 11 aromatic rings. The van der Waals surface area contributed by atoms with Crippen LogP contribution in [0.15, 0.2) is 229 Å². The van der Waals surface area contributed by atoms with Crippen molar-refractivity contribution in [2.75, 3.05) is 15.1 Å². The maximum Gasteiger partial charge on any atom is 0.198 e. The highest BCUT2D eigenvalue weighted by Gasteiger charge is 2.33. The van der Waals surface area contributed by atoms with Crippen LogP contribution in [0.3, 0.4) is 0 Å². The molecule has 0 amide bonds. The molecule has 1 aliphatic heterocycles. The van der Waals surface area contributed by atoms with Gasteiger partial charge < -0.3 is 19.5 Å². The van der Waals surface area contributed by atoms with Gasteiger partial charge in [-0.05, 0) is 153 Å². The Morgan fingerprint density at radius 1 is 0.459 bits per heavy atom. The fraction of sp³-hybridized carbons (Fsp3) is 0.130. The second-order valence-electron chi connectivity index (χ2n) is 21.8. The molecule has 1 N–H and O–H groups in total. The number of hydrogen-bond acceptors (Lipinski definition) is 4. The van der Waals surface area contributed by atoms with Crippen LogP contribution in [0, 0.1) is 6.92 Å². The second kappa shape index (κ2) is 18.5. The van der Waals surface area contributed by atoms with Crippen molar-refractivity contribution in [3.05, 3.63) is 241 Å². The highest BCUT2D eigenvalue weighted by molar-refractivity contribution is 6.74. The van der Waals surface area contributed by atoms with E-state index >= 15 is 0 Å². The summed E-state index contributed by atoms with van der Waals surface area (Å²) in [5.41, 5.74) is 23.2. The van der Waals surface area contributed by atoms with E-state index in [9.17, 15) is 0 Å². The van der Waals surface area contributed by atoms with Crippen LogP contribution in [0.25, 0.3) is 55.3 Å². The molecule has 5 heteroatoms. The lowest BCUT2D eigenvalue weighted by Crippen LogP contribution is -2.41. The van der Waals surface area contributed by atoms with Gasteiger partial charge in [0.2, 0.25) is 0 Å². The third kappa shape index (κ3) is 8.62. The molecular weight excluding hydrogens is 898 g/mol. The number of nitrogens with zero attached hydrogens (tertiary/aromatic N) is 2. The van der Waals surface area contributed by atoms with Crippen LogP contribution in [0.4, 0.5) is 45.5 Å². The van der Waals surface area contributed by atoms with E-state index in [-0.39, 0.29) is 10.8 Å². The Bertz CT molecular complexity index is 3810. The SMILES string of the molecule is Cc1cc(-c2ccccc2)ccc1N1c2ccc(N(c3ccc(C(C)(C)C)cc3)c3ccc(C(C)(C)C)cc3)cc2[B]c2c(-c3ccccc3Nc3cccc(-c4ccccc4)c3)cc3oc4ccccc4c3c21. The molecule has 1 aliphatic rings. The van der Waals surface area contributed by atoms with Gasteiger partial charge in [0.25, 0.3) is 0 Å². The average molecular weight is 957 g/mol. The van der Waals surface area contributed by atoms with Crippen molar-refractivity contribution in [2.45, 2.75) is 59.3 Å². The van der Waals surface area contributed by atoms with E-state index in [1.54, 1.807) is 0 Å². The van der Waals surface area contributed by atoms with Crippen LogP contribution in [0.5, 0.6) is 0 Å². The molecule has 74 heavy (non-hydrogen) atoms. The summed E-state index contributed by atoms with van der Waals surface area (Å²) in [6.45, 7) is 15.9. The lowest BCUT2D eigenvalue weighted by Gasteiger charge is -2.37. The van der Waals surface area contributed by atoms with Crippen molar-refractivity contribution in [3.63, 3.8) is 0 Å². The van der Waals surface area contributed by atoms with Crippen LogP contribution in [0.2, 0.25) is 0 Å². The maximum absolute atomic E-state index is 6.92. The summed E-state index contributed by atoms with van der Waals surface area (Å²) in [6.07, 6.45) is 0. The number of aryl methyl sites for hydroxylation is 1. The largest absolute Gasteiger partial charge is 0.456 e. The molecule has 0 spiro atoms. The monoisotopic (exact) mass is 956 g/mol.